The van der Waals surface area contributed by atoms with Gasteiger partial charge in [-0.2, -0.15) is 4.31 Å². The van der Waals surface area contributed by atoms with E-state index in [0.29, 0.717) is 22.3 Å². The number of aryl methyl sites for hydroxylation is 2. The van der Waals surface area contributed by atoms with Crippen molar-refractivity contribution in [2.45, 2.75) is 49.1 Å². The fraction of sp³-hybridized carbons (Fsp3) is 0.391. The molecule has 1 heterocycles. The van der Waals surface area contributed by atoms with Crippen LogP contribution in [0.3, 0.4) is 0 Å². The molecule has 3 rings (SSSR count). The molecule has 0 bridgehead atoms. The molecule has 7 heteroatoms. The summed E-state index contributed by atoms with van der Waals surface area (Å²) in [6, 6.07) is 14.1. The maximum atomic E-state index is 13.5. The summed E-state index contributed by atoms with van der Waals surface area (Å²) in [5, 5.41) is 1.55. The lowest BCUT2D eigenvalue weighted by Crippen LogP contribution is -2.33. The number of sulfonamides is 1. The summed E-state index contributed by atoms with van der Waals surface area (Å²) in [4.78, 5) is 1.20. The molecule has 0 unspecified atom stereocenters. The van der Waals surface area contributed by atoms with E-state index in [4.69, 9.17) is 11.6 Å². The molecule has 0 saturated heterocycles. The van der Waals surface area contributed by atoms with E-state index in [9.17, 15) is 8.42 Å². The maximum absolute atomic E-state index is 13.5. The first-order valence-electron chi connectivity index (χ1n) is 10.3. The fourth-order valence-corrected chi connectivity index (χ4v) is 8.14. The molecule has 0 aliphatic carbocycles. The highest BCUT2D eigenvalue weighted by Gasteiger charge is 2.28. The van der Waals surface area contributed by atoms with Crippen molar-refractivity contribution < 1.29 is 8.42 Å². The van der Waals surface area contributed by atoms with E-state index in [2.05, 4.69) is 31.2 Å². The van der Waals surface area contributed by atoms with E-state index in [-0.39, 0.29) is 0 Å². The van der Waals surface area contributed by atoms with Gasteiger partial charge in [-0.15, -0.1) is 23.1 Å². The van der Waals surface area contributed by atoms with Gasteiger partial charge in [0.2, 0.25) is 0 Å². The average molecular weight is 482 g/mol. The minimum absolute atomic E-state index is 0.433. The van der Waals surface area contributed by atoms with Gasteiger partial charge in [-0.05, 0) is 66.6 Å². The van der Waals surface area contributed by atoms with Crippen molar-refractivity contribution in [1.29, 1.82) is 0 Å². The highest BCUT2D eigenvalue weighted by Crippen LogP contribution is 2.37. The van der Waals surface area contributed by atoms with Gasteiger partial charge in [-0.25, -0.2) is 8.42 Å². The Labute approximate surface area is 193 Å². The van der Waals surface area contributed by atoms with Gasteiger partial charge in [0.15, 0.2) is 0 Å². The van der Waals surface area contributed by atoms with Crippen LogP contribution < -0.4 is 0 Å². The largest absolute Gasteiger partial charge is 0.252 e. The molecule has 3 aromatic rings. The van der Waals surface area contributed by atoms with Gasteiger partial charge in [0.25, 0.3) is 10.0 Å². The highest BCUT2D eigenvalue weighted by atomic mass is 35.5. The molecule has 0 N–H and O–H groups in total. The number of halogens is 1. The number of benzene rings is 2. The predicted molar refractivity (Wildman–Crippen MR) is 132 cm³/mol. The zero-order valence-electron chi connectivity index (χ0n) is 17.7. The third-order valence-corrected chi connectivity index (χ3v) is 9.93. The number of thiophene rings is 1. The summed E-state index contributed by atoms with van der Waals surface area (Å²) < 4.78 is 30.0. The predicted octanol–water partition coefficient (Wildman–Crippen LogP) is 7.01. The van der Waals surface area contributed by atoms with Crippen LogP contribution >= 0.6 is 34.7 Å². The molecule has 1 aromatic heterocycles. The van der Waals surface area contributed by atoms with Crippen LogP contribution in [0.15, 0.2) is 51.6 Å². The molecule has 0 fully saturated rings. The van der Waals surface area contributed by atoms with Gasteiger partial charge < -0.3 is 0 Å². The van der Waals surface area contributed by atoms with E-state index < -0.39 is 10.0 Å². The number of thioether (sulfide) groups is 1. The Morgan fingerprint density at radius 1 is 1.07 bits per heavy atom. The van der Waals surface area contributed by atoms with E-state index in [1.54, 1.807) is 16.1 Å². The van der Waals surface area contributed by atoms with E-state index in [1.807, 2.05) is 32.0 Å². The van der Waals surface area contributed by atoms with Crippen molar-refractivity contribution in [3.63, 3.8) is 0 Å². The molecule has 0 aliphatic heterocycles. The summed E-state index contributed by atoms with van der Waals surface area (Å²) >= 11 is 9.18. The summed E-state index contributed by atoms with van der Waals surface area (Å²) in [7, 11) is -3.54. The zero-order valence-corrected chi connectivity index (χ0v) is 20.9. The first-order valence-corrected chi connectivity index (χ1v) is 13.9. The van der Waals surface area contributed by atoms with Gasteiger partial charge >= 0.3 is 0 Å². The van der Waals surface area contributed by atoms with Gasteiger partial charge in [0, 0.05) is 33.5 Å². The van der Waals surface area contributed by atoms with Crippen LogP contribution in [0.1, 0.15) is 37.8 Å². The Morgan fingerprint density at radius 2 is 1.87 bits per heavy atom. The van der Waals surface area contributed by atoms with Crippen molar-refractivity contribution >= 4 is 54.8 Å². The lowest BCUT2D eigenvalue weighted by Gasteiger charge is -2.21. The summed E-state index contributed by atoms with van der Waals surface area (Å²) in [6.07, 6.45) is 2.97. The lowest BCUT2D eigenvalue weighted by molar-refractivity contribution is 0.430. The number of hydrogen-bond donors (Lipinski definition) is 0. The highest BCUT2D eigenvalue weighted by molar-refractivity contribution is 7.99. The topological polar surface area (TPSA) is 37.4 Å². The van der Waals surface area contributed by atoms with Crippen molar-refractivity contribution in [2.75, 3.05) is 18.8 Å². The molecule has 2 aromatic carbocycles. The Hall–Kier alpha value is -1.05. The Bertz CT molecular complexity index is 1110. The van der Waals surface area contributed by atoms with E-state index in [0.717, 1.165) is 40.7 Å². The van der Waals surface area contributed by atoms with Gasteiger partial charge in [-0.1, -0.05) is 44.0 Å². The quantitative estimate of drug-likeness (QED) is 0.292. The second-order valence-corrected chi connectivity index (χ2v) is 12.1. The Morgan fingerprint density at radius 3 is 2.60 bits per heavy atom. The molecule has 3 nitrogen and oxygen atoms in total. The molecule has 0 spiro atoms. The Kier molecular flexibility index (Phi) is 8.27. The SMILES string of the molecule is CCCc1cccc(SCCN(CCC)S(=O)(=O)c2sc3ccc(Cl)cc3c2C)c1. The van der Waals surface area contributed by atoms with Crippen LogP contribution in [0.4, 0.5) is 0 Å². The number of hydrogen-bond acceptors (Lipinski definition) is 4. The first kappa shape index (κ1) is 23.6. The third-order valence-electron chi connectivity index (χ3n) is 4.95. The second kappa shape index (κ2) is 10.5. The molecule has 0 amide bonds. The van der Waals surface area contributed by atoms with Crippen LogP contribution in [0.5, 0.6) is 0 Å². The van der Waals surface area contributed by atoms with E-state index in [1.165, 1.54) is 21.8 Å². The van der Waals surface area contributed by atoms with Crippen LogP contribution in [-0.2, 0) is 16.4 Å². The molecule has 0 radical (unpaired) electrons. The van der Waals surface area contributed by atoms with Crippen molar-refractivity contribution in [1.82, 2.24) is 4.31 Å². The van der Waals surface area contributed by atoms with Crippen molar-refractivity contribution in [3.8, 4) is 0 Å². The van der Waals surface area contributed by atoms with Gasteiger partial charge in [-0.3, -0.25) is 0 Å². The molecule has 0 aliphatic rings. The number of fused-ring (bicyclic) bond motifs is 1. The van der Waals surface area contributed by atoms with E-state index >= 15 is 0 Å². The average Bonchev–Trinajstić information content (AvgIpc) is 3.05. The monoisotopic (exact) mass is 481 g/mol. The normalized spacial score (nSPS) is 12.2. The van der Waals surface area contributed by atoms with Gasteiger partial charge in [0.05, 0.1) is 0 Å². The minimum atomic E-state index is -3.54. The lowest BCUT2D eigenvalue weighted by atomic mass is 10.1. The van der Waals surface area contributed by atoms with Crippen LogP contribution in [0, 0.1) is 6.92 Å². The third kappa shape index (κ3) is 5.40. The summed E-state index contributed by atoms with van der Waals surface area (Å²) in [5.74, 6) is 0.727. The first-order chi connectivity index (χ1) is 14.4. The summed E-state index contributed by atoms with van der Waals surface area (Å²) in [6.45, 7) is 7.08. The fourth-order valence-electron chi connectivity index (χ4n) is 3.48. The molecule has 0 atom stereocenters. The zero-order chi connectivity index (χ0) is 21.7. The smallest absolute Gasteiger partial charge is 0.206 e. The van der Waals surface area contributed by atoms with Crippen LogP contribution in [-0.4, -0.2) is 31.6 Å². The van der Waals surface area contributed by atoms with Crippen molar-refractivity contribution in [2.24, 2.45) is 0 Å². The Balaban J connectivity index is 1.78. The van der Waals surface area contributed by atoms with Crippen LogP contribution in [0.2, 0.25) is 5.02 Å². The molecular formula is C23H28ClNO2S3. The standard InChI is InChI=1S/C23H28ClNO2S3/c1-4-7-18-8-6-9-20(15-18)28-14-13-25(12-5-2)30(26,27)23-17(3)21-16-19(24)10-11-22(21)29-23/h6,8-11,15-16H,4-5,7,12-14H2,1-3H3. The summed E-state index contributed by atoms with van der Waals surface area (Å²) in [5.41, 5.74) is 2.12. The van der Waals surface area contributed by atoms with Gasteiger partial charge in [0.1, 0.15) is 4.21 Å². The molecular weight excluding hydrogens is 454 g/mol. The molecule has 162 valence electrons. The molecule has 30 heavy (non-hydrogen) atoms. The second-order valence-electron chi connectivity index (χ2n) is 7.30. The number of rotatable bonds is 10. The maximum Gasteiger partial charge on any atom is 0.252 e. The van der Waals surface area contributed by atoms with Crippen molar-refractivity contribution in [3.05, 3.63) is 58.6 Å². The number of nitrogens with zero attached hydrogens (tertiary/aromatic N) is 1. The molecule has 0 saturated carbocycles. The minimum Gasteiger partial charge on any atom is -0.206 e. The van der Waals surface area contributed by atoms with Crippen LogP contribution in [0.25, 0.3) is 10.1 Å².